The van der Waals surface area contributed by atoms with Crippen LogP contribution >= 0.6 is 35.7 Å². The summed E-state index contributed by atoms with van der Waals surface area (Å²) in [7, 11) is 0. The fraction of sp³-hybridized carbons (Fsp3) is 0.611. The van der Waals surface area contributed by atoms with Gasteiger partial charge >= 0.3 is 0 Å². The van der Waals surface area contributed by atoms with Crippen molar-refractivity contribution in [3.05, 3.63) is 35.4 Å². The maximum absolute atomic E-state index is 4.73. The van der Waals surface area contributed by atoms with Gasteiger partial charge < -0.3 is 10.6 Å². The first-order chi connectivity index (χ1) is 10.7. The van der Waals surface area contributed by atoms with E-state index in [2.05, 4.69) is 61.9 Å². The Kier molecular flexibility index (Phi) is 13.7. The zero-order chi connectivity index (χ0) is 16.2. The largest absolute Gasteiger partial charge is 0.357 e. The van der Waals surface area contributed by atoms with E-state index in [4.69, 9.17) is 4.99 Å². The number of nitrogens with zero attached hydrogens (tertiary/aromatic N) is 1. The van der Waals surface area contributed by atoms with E-state index in [1.807, 2.05) is 11.8 Å². The normalized spacial score (nSPS) is 12.4. The number of unbranched alkanes of at least 4 members (excludes halogenated alkanes) is 1. The standard InChI is InChI=1S/C18H31N3S.HI/c1-5-19-18(20-11-6-7-12-22-4)21-14-16(3)17-10-8-9-15(2)13-17;/h8-10,13,16H,5-7,11-12,14H2,1-4H3,(H2,19,20,21);1H. The highest BCUT2D eigenvalue weighted by molar-refractivity contribution is 14.0. The van der Waals surface area contributed by atoms with Crippen molar-refractivity contribution in [2.75, 3.05) is 31.6 Å². The van der Waals surface area contributed by atoms with Crippen LogP contribution in [0, 0.1) is 6.92 Å². The maximum Gasteiger partial charge on any atom is 0.191 e. The van der Waals surface area contributed by atoms with E-state index in [1.165, 1.54) is 29.7 Å². The summed E-state index contributed by atoms with van der Waals surface area (Å²) in [5, 5.41) is 6.75. The van der Waals surface area contributed by atoms with E-state index >= 15 is 0 Å². The summed E-state index contributed by atoms with van der Waals surface area (Å²) in [4.78, 5) is 4.73. The van der Waals surface area contributed by atoms with E-state index in [-0.39, 0.29) is 24.0 Å². The molecular formula is C18H32IN3S. The molecule has 0 bridgehead atoms. The second kappa shape index (κ2) is 14.0. The average Bonchev–Trinajstić information content (AvgIpc) is 2.52. The highest BCUT2D eigenvalue weighted by atomic mass is 127. The summed E-state index contributed by atoms with van der Waals surface area (Å²) in [6, 6.07) is 8.71. The van der Waals surface area contributed by atoms with Crippen LogP contribution in [0.5, 0.6) is 0 Å². The first-order valence-corrected chi connectivity index (χ1v) is 9.64. The second-order valence-electron chi connectivity index (χ2n) is 5.66. The molecule has 0 saturated heterocycles. The Morgan fingerprint density at radius 3 is 2.70 bits per heavy atom. The van der Waals surface area contributed by atoms with Crippen LogP contribution in [0.25, 0.3) is 0 Å². The van der Waals surface area contributed by atoms with E-state index in [0.29, 0.717) is 5.92 Å². The molecule has 5 heteroatoms. The average molecular weight is 449 g/mol. The Morgan fingerprint density at radius 1 is 1.26 bits per heavy atom. The molecule has 0 aliphatic carbocycles. The van der Waals surface area contributed by atoms with E-state index in [9.17, 15) is 0 Å². The van der Waals surface area contributed by atoms with Crippen LogP contribution < -0.4 is 10.6 Å². The molecule has 0 aliphatic rings. The number of aliphatic imine (C=N–C) groups is 1. The zero-order valence-electron chi connectivity index (χ0n) is 14.9. The molecule has 0 amide bonds. The molecule has 0 heterocycles. The fourth-order valence-electron chi connectivity index (χ4n) is 2.23. The maximum atomic E-state index is 4.73. The highest BCUT2D eigenvalue weighted by Crippen LogP contribution is 2.16. The Bertz CT molecular complexity index is 452. The van der Waals surface area contributed by atoms with Crippen LogP contribution in [-0.4, -0.2) is 37.6 Å². The van der Waals surface area contributed by atoms with Crippen molar-refractivity contribution < 1.29 is 0 Å². The van der Waals surface area contributed by atoms with Crippen LogP contribution in [-0.2, 0) is 0 Å². The fourth-order valence-corrected chi connectivity index (χ4v) is 2.72. The molecule has 3 nitrogen and oxygen atoms in total. The number of benzene rings is 1. The van der Waals surface area contributed by atoms with E-state index in [1.54, 1.807) is 0 Å². The van der Waals surface area contributed by atoms with Crippen molar-refractivity contribution in [3.63, 3.8) is 0 Å². The minimum atomic E-state index is 0. The first-order valence-electron chi connectivity index (χ1n) is 8.25. The minimum Gasteiger partial charge on any atom is -0.357 e. The van der Waals surface area contributed by atoms with Gasteiger partial charge in [-0.25, -0.2) is 0 Å². The van der Waals surface area contributed by atoms with Gasteiger partial charge in [-0.3, -0.25) is 4.99 Å². The van der Waals surface area contributed by atoms with E-state index in [0.717, 1.165) is 25.6 Å². The van der Waals surface area contributed by atoms with Crippen molar-refractivity contribution in [1.29, 1.82) is 0 Å². The lowest BCUT2D eigenvalue weighted by molar-refractivity contribution is 0.719. The Hall–Kier alpha value is -0.430. The molecule has 2 N–H and O–H groups in total. The SMILES string of the molecule is CCNC(=NCC(C)c1cccc(C)c1)NCCCCSC.I. The molecule has 1 aromatic rings. The number of rotatable bonds is 9. The first kappa shape index (κ1) is 22.6. The molecule has 1 rings (SSSR count). The third-order valence-electron chi connectivity index (χ3n) is 3.55. The summed E-state index contributed by atoms with van der Waals surface area (Å²) in [6.45, 7) is 9.18. The summed E-state index contributed by atoms with van der Waals surface area (Å²) >= 11 is 1.91. The van der Waals surface area contributed by atoms with Gasteiger partial charge in [0.15, 0.2) is 5.96 Å². The molecule has 0 saturated carbocycles. The molecule has 1 aromatic carbocycles. The second-order valence-corrected chi connectivity index (χ2v) is 6.65. The van der Waals surface area contributed by atoms with Crippen LogP contribution in [0.15, 0.2) is 29.3 Å². The lowest BCUT2D eigenvalue weighted by atomic mass is 10.00. The highest BCUT2D eigenvalue weighted by Gasteiger charge is 2.05. The van der Waals surface area contributed by atoms with Gasteiger partial charge in [0, 0.05) is 25.6 Å². The molecule has 1 atom stereocenters. The van der Waals surface area contributed by atoms with Crippen LogP contribution in [0.2, 0.25) is 0 Å². The van der Waals surface area contributed by atoms with Crippen LogP contribution in [0.4, 0.5) is 0 Å². The van der Waals surface area contributed by atoms with Crippen molar-refractivity contribution in [3.8, 4) is 0 Å². The van der Waals surface area contributed by atoms with Crippen LogP contribution in [0.3, 0.4) is 0 Å². The van der Waals surface area contributed by atoms with Crippen molar-refractivity contribution in [1.82, 2.24) is 10.6 Å². The van der Waals surface area contributed by atoms with Gasteiger partial charge in [0.05, 0.1) is 0 Å². The lowest BCUT2D eigenvalue weighted by Gasteiger charge is -2.14. The monoisotopic (exact) mass is 449 g/mol. The third kappa shape index (κ3) is 10.1. The number of guanidine groups is 1. The molecule has 0 fully saturated rings. The number of hydrogen-bond acceptors (Lipinski definition) is 2. The summed E-state index contributed by atoms with van der Waals surface area (Å²) < 4.78 is 0. The van der Waals surface area contributed by atoms with Crippen molar-refractivity contribution in [2.24, 2.45) is 4.99 Å². The van der Waals surface area contributed by atoms with Gasteiger partial charge in [-0.15, -0.1) is 24.0 Å². The topological polar surface area (TPSA) is 36.4 Å². The van der Waals surface area contributed by atoms with Gasteiger partial charge in [0.2, 0.25) is 0 Å². The lowest BCUT2D eigenvalue weighted by Crippen LogP contribution is -2.38. The predicted molar refractivity (Wildman–Crippen MR) is 117 cm³/mol. The smallest absolute Gasteiger partial charge is 0.191 e. The summed E-state index contributed by atoms with van der Waals surface area (Å²) in [5.41, 5.74) is 2.67. The molecule has 0 aliphatic heterocycles. The molecule has 0 radical (unpaired) electrons. The summed E-state index contributed by atoms with van der Waals surface area (Å²) in [6.07, 6.45) is 4.61. The third-order valence-corrected chi connectivity index (χ3v) is 4.24. The molecule has 0 aromatic heterocycles. The van der Waals surface area contributed by atoms with Gasteiger partial charge in [0.1, 0.15) is 0 Å². The number of nitrogens with one attached hydrogen (secondary N) is 2. The van der Waals surface area contributed by atoms with Crippen LogP contribution in [0.1, 0.15) is 43.7 Å². The Balaban J connectivity index is 0.00000484. The molecule has 132 valence electrons. The minimum absolute atomic E-state index is 0. The number of aryl methyl sites for hydroxylation is 1. The molecule has 0 spiro atoms. The summed E-state index contributed by atoms with van der Waals surface area (Å²) in [5.74, 6) is 2.61. The van der Waals surface area contributed by atoms with E-state index < -0.39 is 0 Å². The van der Waals surface area contributed by atoms with Gasteiger partial charge in [-0.05, 0) is 44.3 Å². The number of halogens is 1. The van der Waals surface area contributed by atoms with Gasteiger partial charge in [0.25, 0.3) is 0 Å². The molecular weight excluding hydrogens is 417 g/mol. The molecule has 23 heavy (non-hydrogen) atoms. The predicted octanol–water partition coefficient (Wildman–Crippen LogP) is 4.41. The number of thioether (sulfide) groups is 1. The van der Waals surface area contributed by atoms with Gasteiger partial charge in [-0.2, -0.15) is 11.8 Å². The zero-order valence-corrected chi connectivity index (χ0v) is 18.0. The molecule has 1 unspecified atom stereocenters. The Morgan fingerprint density at radius 2 is 2.04 bits per heavy atom. The van der Waals surface area contributed by atoms with Crippen molar-refractivity contribution >= 4 is 41.7 Å². The Labute approximate surface area is 163 Å². The quantitative estimate of drug-likeness (QED) is 0.254. The van der Waals surface area contributed by atoms with Gasteiger partial charge in [-0.1, -0.05) is 36.8 Å². The van der Waals surface area contributed by atoms with Crippen molar-refractivity contribution in [2.45, 2.75) is 39.5 Å². The number of hydrogen-bond donors (Lipinski definition) is 2.